The van der Waals surface area contributed by atoms with Crippen molar-refractivity contribution in [3.8, 4) is 5.75 Å². The second kappa shape index (κ2) is 10.4. The van der Waals surface area contributed by atoms with E-state index >= 15 is 0 Å². The highest BCUT2D eigenvalue weighted by atomic mass is 79.9. The fourth-order valence-corrected chi connectivity index (χ4v) is 3.17. The first-order chi connectivity index (χ1) is 13.7. The Kier molecular flexibility index (Phi) is 8.26. The molecule has 0 bridgehead atoms. The lowest BCUT2D eigenvalue weighted by atomic mass is 9.87. The molecule has 0 unspecified atom stereocenters. The van der Waals surface area contributed by atoms with Crippen molar-refractivity contribution in [3.05, 3.63) is 58.1 Å². The summed E-state index contributed by atoms with van der Waals surface area (Å²) in [6.07, 6.45) is 1.92. The van der Waals surface area contributed by atoms with Crippen LogP contribution in [-0.2, 0) is 10.2 Å². The molecule has 0 fully saturated rings. The van der Waals surface area contributed by atoms with Gasteiger partial charge in [0.2, 0.25) is 0 Å². The third-order valence-corrected chi connectivity index (χ3v) is 5.04. The van der Waals surface area contributed by atoms with E-state index in [-0.39, 0.29) is 23.8 Å². The number of ether oxygens (including phenoxy) is 1. The summed E-state index contributed by atoms with van der Waals surface area (Å²) in [5, 5.41) is 5.64. The van der Waals surface area contributed by atoms with Crippen LogP contribution in [0.5, 0.6) is 5.75 Å². The molecule has 2 N–H and O–H groups in total. The molecule has 0 aliphatic heterocycles. The number of hydrogen-bond donors (Lipinski definition) is 2. The number of anilines is 1. The van der Waals surface area contributed by atoms with Crippen molar-refractivity contribution in [1.82, 2.24) is 5.32 Å². The van der Waals surface area contributed by atoms with Gasteiger partial charge in [0, 0.05) is 6.54 Å². The second-order valence-corrected chi connectivity index (χ2v) is 8.74. The lowest BCUT2D eigenvalue weighted by Crippen LogP contribution is -2.27. The lowest BCUT2D eigenvalue weighted by molar-refractivity contribution is -0.118. The van der Waals surface area contributed by atoms with Crippen LogP contribution in [0.3, 0.4) is 0 Å². The van der Waals surface area contributed by atoms with Crippen molar-refractivity contribution in [1.29, 1.82) is 0 Å². The first kappa shape index (κ1) is 22.9. The summed E-state index contributed by atoms with van der Waals surface area (Å²) in [6.45, 7) is 8.93. The molecule has 0 heterocycles. The molecular formula is C23H29BrN2O3. The zero-order valence-corrected chi connectivity index (χ0v) is 19.1. The van der Waals surface area contributed by atoms with Gasteiger partial charge in [-0.3, -0.25) is 9.59 Å². The van der Waals surface area contributed by atoms with Crippen molar-refractivity contribution in [2.45, 2.75) is 46.0 Å². The third-order valence-electron chi connectivity index (χ3n) is 4.42. The van der Waals surface area contributed by atoms with Crippen molar-refractivity contribution >= 4 is 33.4 Å². The standard InChI is InChI=1S/C23H29BrN2O3/c1-5-6-13-25-22(28)17-9-7-8-10-19(17)26-21(27)15-29-20-12-11-16(14-18(20)24)23(2,3)4/h7-12,14H,5-6,13,15H2,1-4H3,(H,25,28)(H,26,27). The van der Waals surface area contributed by atoms with E-state index in [2.05, 4.69) is 54.3 Å². The summed E-state index contributed by atoms with van der Waals surface area (Å²) in [6, 6.07) is 12.8. The average Bonchev–Trinajstić information content (AvgIpc) is 2.66. The van der Waals surface area contributed by atoms with E-state index in [1.54, 1.807) is 24.3 Å². The molecule has 5 nitrogen and oxygen atoms in total. The number of rotatable bonds is 8. The molecule has 6 heteroatoms. The Hall–Kier alpha value is -2.34. The molecule has 0 aliphatic carbocycles. The fourth-order valence-electron chi connectivity index (χ4n) is 2.68. The van der Waals surface area contributed by atoms with Gasteiger partial charge < -0.3 is 15.4 Å². The molecule has 29 heavy (non-hydrogen) atoms. The number of hydrogen-bond acceptors (Lipinski definition) is 3. The topological polar surface area (TPSA) is 67.4 Å². The minimum Gasteiger partial charge on any atom is -0.483 e. The largest absolute Gasteiger partial charge is 0.483 e. The Morgan fingerprint density at radius 1 is 1.10 bits per heavy atom. The molecule has 0 aliphatic rings. The van der Waals surface area contributed by atoms with Crippen molar-refractivity contribution in [2.75, 3.05) is 18.5 Å². The van der Waals surface area contributed by atoms with Crippen LogP contribution in [0, 0.1) is 0 Å². The quantitative estimate of drug-likeness (QED) is 0.525. The Morgan fingerprint density at radius 2 is 1.83 bits per heavy atom. The Labute approximate surface area is 181 Å². The van der Waals surface area contributed by atoms with Gasteiger partial charge in [0.25, 0.3) is 11.8 Å². The minimum atomic E-state index is -0.328. The highest BCUT2D eigenvalue weighted by Crippen LogP contribution is 2.31. The smallest absolute Gasteiger partial charge is 0.262 e. The van der Waals surface area contributed by atoms with E-state index in [0.29, 0.717) is 23.5 Å². The molecule has 0 aromatic heterocycles. The maximum absolute atomic E-state index is 12.4. The molecule has 0 atom stereocenters. The number of amides is 2. The van der Waals surface area contributed by atoms with Gasteiger partial charge in [0.1, 0.15) is 5.75 Å². The van der Waals surface area contributed by atoms with Crippen LogP contribution in [0.25, 0.3) is 0 Å². The average molecular weight is 461 g/mol. The zero-order chi connectivity index (χ0) is 21.4. The SMILES string of the molecule is CCCCNC(=O)c1ccccc1NC(=O)COc1ccc(C(C)(C)C)cc1Br. The van der Waals surface area contributed by atoms with Crippen LogP contribution in [-0.4, -0.2) is 25.0 Å². The number of para-hydroxylation sites is 1. The van der Waals surface area contributed by atoms with Crippen LogP contribution in [0.4, 0.5) is 5.69 Å². The maximum Gasteiger partial charge on any atom is 0.262 e. The third kappa shape index (κ3) is 6.89. The Morgan fingerprint density at radius 3 is 2.48 bits per heavy atom. The summed E-state index contributed by atoms with van der Waals surface area (Å²) in [4.78, 5) is 24.7. The molecule has 2 aromatic rings. The van der Waals surface area contributed by atoms with Crippen molar-refractivity contribution in [2.24, 2.45) is 0 Å². The number of carbonyl (C=O) groups is 2. The molecule has 0 radical (unpaired) electrons. The van der Waals surface area contributed by atoms with Gasteiger partial charge >= 0.3 is 0 Å². The maximum atomic E-state index is 12.4. The summed E-state index contributed by atoms with van der Waals surface area (Å²) in [5.74, 6) is 0.0696. The molecule has 2 aromatic carbocycles. The summed E-state index contributed by atoms with van der Waals surface area (Å²) in [7, 11) is 0. The molecule has 0 saturated carbocycles. The van der Waals surface area contributed by atoms with Crippen LogP contribution in [0.15, 0.2) is 46.9 Å². The Bertz CT molecular complexity index is 859. The number of unbranched alkanes of at least 4 members (excludes halogenated alkanes) is 1. The van der Waals surface area contributed by atoms with E-state index in [1.807, 2.05) is 18.2 Å². The highest BCUT2D eigenvalue weighted by molar-refractivity contribution is 9.10. The number of nitrogens with one attached hydrogen (secondary N) is 2. The summed E-state index contributed by atoms with van der Waals surface area (Å²) >= 11 is 3.51. The van der Waals surface area contributed by atoms with Crippen LogP contribution in [0.1, 0.15) is 56.5 Å². The molecule has 2 amide bonds. The fraction of sp³-hybridized carbons (Fsp3) is 0.391. The van der Waals surface area contributed by atoms with Gasteiger partial charge in [-0.25, -0.2) is 0 Å². The second-order valence-electron chi connectivity index (χ2n) is 7.89. The van der Waals surface area contributed by atoms with Gasteiger partial charge in [-0.05, 0) is 57.6 Å². The van der Waals surface area contributed by atoms with Crippen LogP contribution >= 0.6 is 15.9 Å². The number of carbonyl (C=O) groups excluding carboxylic acids is 2. The van der Waals surface area contributed by atoms with E-state index in [1.165, 1.54) is 5.56 Å². The monoisotopic (exact) mass is 460 g/mol. The highest BCUT2D eigenvalue weighted by Gasteiger charge is 2.16. The molecule has 2 rings (SSSR count). The van der Waals surface area contributed by atoms with Crippen LogP contribution < -0.4 is 15.4 Å². The lowest BCUT2D eigenvalue weighted by Gasteiger charge is -2.20. The molecular weight excluding hydrogens is 432 g/mol. The summed E-state index contributed by atoms with van der Waals surface area (Å²) in [5.41, 5.74) is 2.11. The normalized spacial score (nSPS) is 11.1. The van der Waals surface area contributed by atoms with Gasteiger partial charge in [-0.2, -0.15) is 0 Å². The molecule has 0 spiro atoms. The van der Waals surface area contributed by atoms with Gasteiger partial charge in [-0.1, -0.05) is 52.3 Å². The van der Waals surface area contributed by atoms with Crippen molar-refractivity contribution < 1.29 is 14.3 Å². The predicted octanol–water partition coefficient (Wildman–Crippen LogP) is 5.29. The predicted molar refractivity (Wildman–Crippen MR) is 121 cm³/mol. The minimum absolute atomic E-state index is 0.0276. The van der Waals surface area contributed by atoms with Gasteiger partial charge in [-0.15, -0.1) is 0 Å². The molecule has 0 saturated heterocycles. The zero-order valence-electron chi connectivity index (χ0n) is 17.5. The van der Waals surface area contributed by atoms with E-state index in [9.17, 15) is 9.59 Å². The van der Waals surface area contributed by atoms with Gasteiger partial charge in [0.15, 0.2) is 6.61 Å². The van der Waals surface area contributed by atoms with E-state index < -0.39 is 0 Å². The van der Waals surface area contributed by atoms with Crippen molar-refractivity contribution in [3.63, 3.8) is 0 Å². The van der Waals surface area contributed by atoms with Gasteiger partial charge in [0.05, 0.1) is 15.7 Å². The molecule has 156 valence electrons. The summed E-state index contributed by atoms with van der Waals surface area (Å²) < 4.78 is 6.46. The Balaban J connectivity index is 1.99. The first-order valence-corrected chi connectivity index (χ1v) is 10.6. The van der Waals surface area contributed by atoms with E-state index in [0.717, 1.165) is 17.3 Å². The number of halogens is 1. The first-order valence-electron chi connectivity index (χ1n) is 9.82. The number of benzene rings is 2. The van der Waals surface area contributed by atoms with E-state index in [4.69, 9.17) is 4.74 Å². The van der Waals surface area contributed by atoms with Crippen LogP contribution in [0.2, 0.25) is 0 Å².